The van der Waals surface area contributed by atoms with Gasteiger partial charge in [-0.1, -0.05) is 11.2 Å². The molecule has 4 N–H and O–H groups in total. The first-order valence-corrected chi connectivity index (χ1v) is 12.9. The number of hydrogen-bond donors (Lipinski definition) is 3. The molecule has 0 spiro atoms. The van der Waals surface area contributed by atoms with Gasteiger partial charge in [0.1, 0.15) is 29.8 Å². The second-order valence-corrected chi connectivity index (χ2v) is 10.2. The fourth-order valence-electron chi connectivity index (χ4n) is 4.16. The van der Waals surface area contributed by atoms with Crippen LogP contribution in [-0.4, -0.2) is 70.8 Å². The number of carboxylic acid groups (broad SMARTS) is 1. The van der Waals surface area contributed by atoms with Crippen LogP contribution in [0.1, 0.15) is 18.7 Å². The van der Waals surface area contributed by atoms with E-state index in [9.17, 15) is 19.5 Å². The molecule has 4 heterocycles. The van der Waals surface area contributed by atoms with E-state index < -0.39 is 29.2 Å². The summed E-state index contributed by atoms with van der Waals surface area (Å²) in [6.45, 7) is 0.326. The van der Waals surface area contributed by atoms with Gasteiger partial charge < -0.3 is 21.0 Å². The van der Waals surface area contributed by atoms with Gasteiger partial charge in [-0.3, -0.25) is 14.5 Å². The Bertz CT molecular complexity index is 1310. The Hall–Kier alpha value is -3.72. The lowest BCUT2D eigenvalue weighted by Gasteiger charge is -2.49. The molecule has 3 atom stereocenters. The first-order chi connectivity index (χ1) is 17.3. The number of carbonyl (C=O) groups is 3. The van der Waals surface area contributed by atoms with Gasteiger partial charge in [0.2, 0.25) is 11.5 Å². The molecule has 13 nitrogen and oxygen atoms in total. The highest BCUT2D eigenvalue weighted by Crippen LogP contribution is 2.40. The molecule has 2 aromatic rings. The van der Waals surface area contributed by atoms with Crippen LogP contribution in [0.4, 0.5) is 5.13 Å². The van der Waals surface area contributed by atoms with E-state index in [0.29, 0.717) is 17.9 Å². The molecule has 2 aliphatic heterocycles. The van der Waals surface area contributed by atoms with Crippen LogP contribution < -0.4 is 15.7 Å². The van der Waals surface area contributed by atoms with E-state index in [4.69, 9.17) is 10.6 Å². The van der Waals surface area contributed by atoms with Crippen molar-refractivity contribution in [3.8, 4) is 0 Å². The molecular formula is C21H23N8O5S2+. The largest absolute Gasteiger partial charge is 0.477 e. The van der Waals surface area contributed by atoms with Crippen LogP contribution >= 0.6 is 23.3 Å². The molecule has 1 aliphatic carbocycles. The molecule has 3 aliphatic rings. The van der Waals surface area contributed by atoms with E-state index in [0.717, 1.165) is 24.4 Å². The normalized spacial score (nSPS) is 23.5. The molecule has 1 fully saturated rings. The van der Waals surface area contributed by atoms with E-state index in [-0.39, 0.29) is 28.5 Å². The number of thioether (sulfide) groups is 1. The van der Waals surface area contributed by atoms with Gasteiger partial charge >= 0.3 is 5.97 Å². The fourth-order valence-corrected chi connectivity index (χ4v) is 5.93. The summed E-state index contributed by atoms with van der Waals surface area (Å²) in [6.07, 6.45) is 8.77. The van der Waals surface area contributed by atoms with Gasteiger partial charge in [-0.25, -0.2) is 4.79 Å². The van der Waals surface area contributed by atoms with Crippen LogP contribution in [0.3, 0.4) is 0 Å². The number of nitrogens with zero attached hydrogens (tertiary/aromatic N) is 6. The van der Waals surface area contributed by atoms with E-state index in [2.05, 4.69) is 19.8 Å². The number of fused-ring (bicyclic) bond motifs is 1. The number of carboxylic acids is 1. The first kappa shape index (κ1) is 24.0. The summed E-state index contributed by atoms with van der Waals surface area (Å²) < 4.78 is 7.72. The van der Waals surface area contributed by atoms with Gasteiger partial charge in [0, 0.05) is 23.4 Å². The summed E-state index contributed by atoms with van der Waals surface area (Å²) in [5.74, 6) is -2.03. The molecule has 0 saturated carbocycles. The minimum Gasteiger partial charge on any atom is -0.477 e. The molecule has 15 heteroatoms. The van der Waals surface area contributed by atoms with Gasteiger partial charge in [-0.05, 0) is 24.5 Å². The number of nitrogens with one attached hydrogen (secondary N) is 1. The summed E-state index contributed by atoms with van der Waals surface area (Å²) >= 11 is 2.29. The zero-order valence-corrected chi connectivity index (χ0v) is 20.7. The van der Waals surface area contributed by atoms with Gasteiger partial charge in [0.15, 0.2) is 18.4 Å². The van der Waals surface area contributed by atoms with Crippen LogP contribution in [-0.2, 0) is 32.8 Å². The highest BCUT2D eigenvalue weighted by molar-refractivity contribution is 8.00. The number of hydrogen-bond acceptors (Lipinski definition) is 10. The van der Waals surface area contributed by atoms with Crippen molar-refractivity contribution in [1.29, 1.82) is 0 Å². The lowest BCUT2D eigenvalue weighted by Crippen LogP contribution is -2.71. The zero-order valence-electron chi connectivity index (χ0n) is 19.1. The summed E-state index contributed by atoms with van der Waals surface area (Å²) in [5.41, 5.74) is 6.03. The Labute approximate surface area is 213 Å². The summed E-state index contributed by atoms with van der Waals surface area (Å²) in [6, 6.07) is 0.908. The summed E-state index contributed by atoms with van der Waals surface area (Å²) in [4.78, 5) is 49.0. The van der Waals surface area contributed by atoms with Crippen molar-refractivity contribution in [3.63, 3.8) is 0 Å². The fraction of sp³-hybridized carbons (Fsp3) is 0.381. The SMILES string of the molecule is C[n+]1cccn1CC1=C(C(=O)O)N2C(=O)C(NC(=O)C(=NOC3C=CCC3)c3nsc(N)n3)[C@H]2SC1. The van der Waals surface area contributed by atoms with Crippen LogP contribution in [0, 0.1) is 0 Å². The third-order valence-electron chi connectivity index (χ3n) is 5.97. The molecule has 0 aromatic carbocycles. The number of aryl methyl sites for hydroxylation is 1. The lowest BCUT2D eigenvalue weighted by atomic mass is 10.0. The van der Waals surface area contributed by atoms with E-state index in [1.807, 2.05) is 47.0 Å². The number of β-lactam (4-membered cyclic amide) rings is 1. The number of oxime groups is 1. The number of aliphatic carboxylic acids is 1. The average molecular weight is 532 g/mol. The van der Waals surface area contributed by atoms with Crippen molar-refractivity contribution in [1.82, 2.24) is 24.3 Å². The Balaban J connectivity index is 1.34. The maximum Gasteiger partial charge on any atom is 0.352 e. The monoisotopic (exact) mass is 531 g/mol. The van der Waals surface area contributed by atoms with Gasteiger partial charge in [-0.2, -0.15) is 14.0 Å². The maximum absolute atomic E-state index is 13.1. The number of carbonyl (C=O) groups excluding carboxylic acids is 2. The van der Waals surface area contributed by atoms with Gasteiger partial charge in [-0.15, -0.1) is 16.4 Å². The molecule has 2 aromatic heterocycles. The molecule has 1 saturated heterocycles. The minimum absolute atomic E-state index is 0.00935. The molecule has 188 valence electrons. The second-order valence-electron chi connectivity index (χ2n) is 8.33. The van der Waals surface area contributed by atoms with Crippen LogP contribution in [0.2, 0.25) is 0 Å². The number of amides is 2. The van der Waals surface area contributed by atoms with Crippen molar-refractivity contribution in [2.24, 2.45) is 12.2 Å². The molecule has 36 heavy (non-hydrogen) atoms. The Kier molecular flexibility index (Phi) is 6.49. The minimum atomic E-state index is -1.19. The van der Waals surface area contributed by atoms with Crippen LogP contribution in [0.5, 0.6) is 0 Å². The first-order valence-electron chi connectivity index (χ1n) is 11.1. The average Bonchev–Trinajstić information content (AvgIpc) is 3.61. The Morgan fingerprint density at radius 3 is 2.92 bits per heavy atom. The van der Waals surface area contributed by atoms with Crippen molar-refractivity contribution < 1.29 is 29.0 Å². The van der Waals surface area contributed by atoms with Gasteiger partial charge in [0.05, 0.1) is 6.20 Å². The van der Waals surface area contributed by atoms with Gasteiger partial charge in [0.25, 0.3) is 11.8 Å². The van der Waals surface area contributed by atoms with Crippen molar-refractivity contribution in [2.75, 3.05) is 11.5 Å². The standard InChI is InChI=1S/C21H22N8O5S2/c1-27-7-4-8-28(27)9-11-10-35-19-14(18(31)29(19)15(11)20(32)33)23-17(30)13(16-24-21(22)36-26-16)25-34-12-5-2-3-6-12/h2,4-5,7-8,12,14,19H,3,6,9-10H2,1H3,(H3-,22,23,24,26,30,32,33)/p+1/t12?,14?,19-/m1/s1. The number of nitrogen functional groups attached to an aromatic ring is 1. The maximum atomic E-state index is 13.1. The smallest absolute Gasteiger partial charge is 0.352 e. The third-order valence-corrected chi connectivity index (χ3v) is 7.85. The predicted octanol–water partition coefficient (Wildman–Crippen LogP) is -0.376. The van der Waals surface area contributed by atoms with Crippen LogP contribution in [0.15, 0.2) is 47.0 Å². The van der Waals surface area contributed by atoms with E-state index in [1.54, 1.807) is 0 Å². The Morgan fingerprint density at radius 1 is 1.44 bits per heavy atom. The Morgan fingerprint density at radius 2 is 2.28 bits per heavy atom. The number of allylic oxidation sites excluding steroid dienone is 1. The zero-order chi connectivity index (χ0) is 25.4. The molecule has 0 radical (unpaired) electrons. The molecule has 5 rings (SSSR count). The molecule has 2 amide bonds. The molecular weight excluding hydrogens is 508 g/mol. The predicted molar refractivity (Wildman–Crippen MR) is 129 cm³/mol. The quantitative estimate of drug-likeness (QED) is 0.135. The number of nitrogens with two attached hydrogens (primary N) is 1. The topological polar surface area (TPSA) is 169 Å². The van der Waals surface area contributed by atoms with Crippen molar-refractivity contribution in [3.05, 3.63) is 47.7 Å². The summed E-state index contributed by atoms with van der Waals surface area (Å²) in [5, 5.41) is 16.1. The van der Waals surface area contributed by atoms with E-state index in [1.165, 1.54) is 16.7 Å². The van der Waals surface area contributed by atoms with Crippen molar-refractivity contribution >= 4 is 51.9 Å². The van der Waals surface area contributed by atoms with Crippen LogP contribution in [0.25, 0.3) is 0 Å². The summed E-state index contributed by atoms with van der Waals surface area (Å²) in [7, 11) is 1.84. The lowest BCUT2D eigenvalue weighted by molar-refractivity contribution is -0.752. The highest BCUT2D eigenvalue weighted by Gasteiger charge is 2.54. The molecule has 2 unspecified atom stereocenters. The molecule has 0 bridgehead atoms. The van der Waals surface area contributed by atoms with Crippen molar-refractivity contribution in [2.45, 2.75) is 36.9 Å². The number of anilines is 1. The van der Waals surface area contributed by atoms with E-state index >= 15 is 0 Å². The number of rotatable bonds is 8. The number of aromatic nitrogens is 4. The second kappa shape index (κ2) is 9.73. The third kappa shape index (κ3) is 4.46. The highest BCUT2D eigenvalue weighted by atomic mass is 32.2.